The second kappa shape index (κ2) is 4.67. The number of hydrogen-bond acceptors (Lipinski definition) is 5. The molecule has 0 bridgehead atoms. The molecule has 82 valence electrons. The molecular weight excluding hydrogens is 204 g/mol. The summed E-state index contributed by atoms with van der Waals surface area (Å²) in [5.74, 6) is 1.15. The molecule has 2 N–H and O–H groups in total. The van der Waals surface area contributed by atoms with E-state index in [2.05, 4.69) is 15.0 Å². The van der Waals surface area contributed by atoms with E-state index in [-0.39, 0.29) is 0 Å². The average molecular weight is 216 g/mol. The monoisotopic (exact) mass is 216 g/mol. The van der Waals surface area contributed by atoms with Crippen LogP contribution in [-0.2, 0) is 6.54 Å². The Morgan fingerprint density at radius 2 is 2.12 bits per heavy atom. The zero-order chi connectivity index (χ0) is 11.4. The minimum absolute atomic E-state index is 0.316. The lowest BCUT2D eigenvalue weighted by atomic mass is 10.2. The smallest absolute Gasteiger partial charge is 0.222 e. The molecule has 0 aliphatic carbocycles. The van der Waals surface area contributed by atoms with Gasteiger partial charge in [-0.25, -0.2) is 15.0 Å². The van der Waals surface area contributed by atoms with Crippen molar-refractivity contribution in [2.24, 2.45) is 5.73 Å². The molecule has 0 unspecified atom stereocenters. The van der Waals surface area contributed by atoms with E-state index in [0.717, 1.165) is 11.3 Å². The number of rotatable bonds is 3. The lowest BCUT2D eigenvalue weighted by Crippen LogP contribution is -2.03. The van der Waals surface area contributed by atoms with Crippen molar-refractivity contribution in [3.8, 4) is 17.1 Å². The first kappa shape index (κ1) is 10.5. The number of methoxy groups -OCH3 is 1. The van der Waals surface area contributed by atoms with Gasteiger partial charge in [0.25, 0.3) is 0 Å². The van der Waals surface area contributed by atoms with E-state index in [1.165, 1.54) is 0 Å². The van der Waals surface area contributed by atoms with Crippen LogP contribution in [0.3, 0.4) is 0 Å². The lowest BCUT2D eigenvalue weighted by molar-refractivity contribution is 0.399. The normalized spacial score (nSPS) is 10.1. The highest BCUT2D eigenvalue weighted by molar-refractivity contribution is 5.64. The van der Waals surface area contributed by atoms with Gasteiger partial charge in [-0.1, -0.05) is 0 Å². The van der Waals surface area contributed by atoms with E-state index >= 15 is 0 Å². The van der Waals surface area contributed by atoms with Crippen molar-refractivity contribution in [3.63, 3.8) is 0 Å². The highest BCUT2D eigenvalue weighted by Gasteiger charge is 2.07. The molecule has 0 spiro atoms. The number of nitrogens with zero attached hydrogens (tertiary/aromatic N) is 3. The molecule has 2 aromatic heterocycles. The summed E-state index contributed by atoms with van der Waals surface area (Å²) in [6.45, 7) is 0.316. The van der Waals surface area contributed by atoms with Gasteiger partial charge in [-0.3, -0.25) is 0 Å². The zero-order valence-corrected chi connectivity index (χ0v) is 8.92. The Morgan fingerprint density at radius 3 is 2.88 bits per heavy atom. The summed E-state index contributed by atoms with van der Waals surface area (Å²) in [5.41, 5.74) is 7.10. The van der Waals surface area contributed by atoms with Crippen LogP contribution < -0.4 is 10.5 Å². The zero-order valence-electron chi connectivity index (χ0n) is 8.92. The van der Waals surface area contributed by atoms with E-state index in [9.17, 15) is 0 Å². The van der Waals surface area contributed by atoms with Crippen LogP contribution in [-0.4, -0.2) is 22.1 Å². The van der Waals surface area contributed by atoms with Crippen LogP contribution in [0.15, 0.2) is 30.6 Å². The van der Waals surface area contributed by atoms with Crippen molar-refractivity contribution >= 4 is 0 Å². The van der Waals surface area contributed by atoms with E-state index in [4.69, 9.17) is 10.5 Å². The van der Waals surface area contributed by atoms with Crippen molar-refractivity contribution in [1.82, 2.24) is 15.0 Å². The molecule has 0 atom stereocenters. The SMILES string of the molecule is COc1ncccc1-c1ccnc(CN)n1. The average Bonchev–Trinajstić information content (AvgIpc) is 2.38. The molecule has 0 aromatic carbocycles. The van der Waals surface area contributed by atoms with Gasteiger partial charge in [0, 0.05) is 12.4 Å². The first-order valence-corrected chi connectivity index (χ1v) is 4.86. The van der Waals surface area contributed by atoms with Gasteiger partial charge in [-0.15, -0.1) is 0 Å². The molecule has 2 rings (SSSR count). The number of aromatic nitrogens is 3. The van der Waals surface area contributed by atoms with Gasteiger partial charge in [-0.2, -0.15) is 0 Å². The molecular formula is C11H12N4O. The summed E-state index contributed by atoms with van der Waals surface area (Å²) in [4.78, 5) is 12.5. The van der Waals surface area contributed by atoms with Gasteiger partial charge >= 0.3 is 0 Å². The maximum absolute atomic E-state index is 5.50. The predicted molar refractivity (Wildman–Crippen MR) is 59.7 cm³/mol. The first-order valence-electron chi connectivity index (χ1n) is 4.86. The number of hydrogen-bond donors (Lipinski definition) is 1. The summed E-state index contributed by atoms with van der Waals surface area (Å²) in [5, 5.41) is 0. The van der Waals surface area contributed by atoms with E-state index in [1.807, 2.05) is 12.1 Å². The Morgan fingerprint density at radius 1 is 1.25 bits per heavy atom. The Bertz CT molecular complexity index is 487. The van der Waals surface area contributed by atoms with Crippen molar-refractivity contribution in [2.75, 3.05) is 7.11 Å². The van der Waals surface area contributed by atoms with E-state index < -0.39 is 0 Å². The van der Waals surface area contributed by atoms with Crippen LogP contribution in [0.1, 0.15) is 5.82 Å². The minimum Gasteiger partial charge on any atom is -0.481 e. The molecule has 16 heavy (non-hydrogen) atoms. The molecule has 0 saturated carbocycles. The molecule has 2 heterocycles. The van der Waals surface area contributed by atoms with Crippen molar-refractivity contribution in [3.05, 3.63) is 36.4 Å². The fourth-order valence-corrected chi connectivity index (χ4v) is 1.40. The highest BCUT2D eigenvalue weighted by atomic mass is 16.5. The Hall–Kier alpha value is -2.01. The second-order valence-corrected chi connectivity index (χ2v) is 3.12. The fraction of sp³-hybridized carbons (Fsp3) is 0.182. The van der Waals surface area contributed by atoms with Gasteiger partial charge in [-0.05, 0) is 18.2 Å². The number of ether oxygens (including phenoxy) is 1. The third-order valence-corrected chi connectivity index (χ3v) is 2.13. The first-order chi connectivity index (χ1) is 7.85. The topological polar surface area (TPSA) is 73.9 Å². The quantitative estimate of drug-likeness (QED) is 0.828. The molecule has 0 fully saturated rings. The molecule has 0 radical (unpaired) electrons. The van der Waals surface area contributed by atoms with E-state index in [0.29, 0.717) is 18.2 Å². The van der Waals surface area contributed by atoms with Gasteiger partial charge < -0.3 is 10.5 Å². The summed E-state index contributed by atoms with van der Waals surface area (Å²) in [6, 6.07) is 5.54. The number of pyridine rings is 1. The van der Waals surface area contributed by atoms with Gasteiger partial charge in [0.15, 0.2) is 0 Å². The Balaban J connectivity index is 2.49. The van der Waals surface area contributed by atoms with Crippen LogP contribution in [0, 0.1) is 0 Å². The molecule has 5 nitrogen and oxygen atoms in total. The summed E-state index contributed by atoms with van der Waals surface area (Å²) in [7, 11) is 1.58. The molecule has 2 aromatic rings. The van der Waals surface area contributed by atoms with Crippen LogP contribution in [0.5, 0.6) is 5.88 Å². The summed E-state index contributed by atoms with van der Waals surface area (Å²) in [6.07, 6.45) is 3.35. The standard InChI is InChI=1S/C11H12N4O/c1-16-11-8(3-2-5-14-11)9-4-6-13-10(7-12)15-9/h2-6H,7,12H2,1H3. The Kier molecular flexibility index (Phi) is 3.07. The molecule has 0 aliphatic rings. The maximum atomic E-state index is 5.50. The van der Waals surface area contributed by atoms with Crippen LogP contribution in [0.2, 0.25) is 0 Å². The van der Waals surface area contributed by atoms with Gasteiger partial charge in [0.05, 0.1) is 24.9 Å². The predicted octanol–water partition coefficient (Wildman–Crippen LogP) is 1.01. The third-order valence-electron chi connectivity index (χ3n) is 2.13. The van der Waals surface area contributed by atoms with Crippen molar-refractivity contribution in [2.45, 2.75) is 6.54 Å². The largest absolute Gasteiger partial charge is 0.481 e. The molecule has 5 heteroatoms. The summed E-state index contributed by atoms with van der Waals surface area (Å²) < 4.78 is 5.17. The lowest BCUT2D eigenvalue weighted by Gasteiger charge is -2.06. The fourth-order valence-electron chi connectivity index (χ4n) is 1.40. The van der Waals surface area contributed by atoms with Crippen molar-refractivity contribution in [1.29, 1.82) is 0 Å². The second-order valence-electron chi connectivity index (χ2n) is 3.12. The van der Waals surface area contributed by atoms with Crippen LogP contribution >= 0.6 is 0 Å². The van der Waals surface area contributed by atoms with Gasteiger partial charge in [0.2, 0.25) is 5.88 Å². The highest BCUT2D eigenvalue weighted by Crippen LogP contribution is 2.25. The molecule has 0 saturated heterocycles. The van der Waals surface area contributed by atoms with Gasteiger partial charge in [0.1, 0.15) is 5.82 Å². The molecule has 0 amide bonds. The Labute approximate surface area is 93.3 Å². The maximum Gasteiger partial charge on any atom is 0.222 e. The van der Waals surface area contributed by atoms with Crippen molar-refractivity contribution < 1.29 is 4.74 Å². The van der Waals surface area contributed by atoms with Crippen LogP contribution in [0.4, 0.5) is 0 Å². The van der Waals surface area contributed by atoms with Crippen LogP contribution in [0.25, 0.3) is 11.3 Å². The number of nitrogens with two attached hydrogens (primary N) is 1. The summed E-state index contributed by atoms with van der Waals surface area (Å²) >= 11 is 0. The minimum atomic E-state index is 0.316. The molecule has 0 aliphatic heterocycles. The van der Waals surface area contributed by atoms with E-state index in [1.54, 1.807) is 25.6 Å². The third kappa shape index (κ3) is 1.99.